The van der Waals surface area contributed by atoms with Gasteiger partial charge in [-0.3, -0.25) is 0 Å². The molecule has 4 N–H and O–H groups in total. The first-order chi connectivity index (χ1) is 7.88. The summed E-state index contributed by atoms with van der Waals surface area (Å²) in [6.07, 6.45) is 2.42. The van der Waals surface area contributed by atoms with E-state index in [-0.39, 0.29) is 4.90 Å². The number of anilines is 2. The molecule has 0 saturated heterocycles. The van der Waals surface area contributed by atoms with Gasteiger partial charge >= 0.3 is 0 Å². The van der Waals surface area contributed by atoms with Gasteiger partial charge in [-0.1, -0.05) is 0 Å². The van der Waals surface area contributed by atoms with Crippen molar-refractivity contribution in [3.63, 3.8) is 0 Å². The van der Waals surface area contributed by atoms with Crippen LogP contribution < -0.4 is 15.8 Å². The summed E-state index contributed by atoms with van der Waals surface area (Å²) in [5, 5.41) is 5.20. The van der Waals surface area contributed by atoms with Crippen molar-refractivity contribution in [1.82, 2.24) is 0 Å². The van der Waals surface area contributed by atoms with Crippen molar-refractivity contribution >= 4 is 21.4 Å². The maximum atomic E-state index is 11.5. The highest BCUT2D eigenvalue weighted by molar-refractivity contribution is 7.89. The molecular weight excluding hydrogens is 238 g/mol. The van der Waals surface area contributed by atoms with Crippen molar-refractivity contribution < 1.29 is 8.42 Å². The number of nitrogens with zero attached hydrogens (tertiary/aromatic N) is 1. The average molecular weight is 255 g/mol. The van der Waals surface area contributed by atoms with E-state index >= 15 is 0 Å². The highest BCUT2D eigenvalue weighted by Crippen LogP contribution is 2.33. The monoisotopic (exact) mass is 255 g/mol. The minimum absolute atomic E-state index is 0.0978. The molecule has 94 valence electrons. The second-order valence-corrected chi connectivity index (χ2v) is 6.13. The minimum Gasteiger partial charge on any atom is -0.399 e. The summed E-state index contributed by atoms with van der Waals surface area (Å²) in [7, 11) is -1.86. The summed E-state index contributed by atoms with van der Waals surface area (Å²) in [6, 6.07) is 4.80. The van der Waals surface area contributed by atoms with E-state index in [0.29, 0.717) is 17.3 Å². The fraction of sp³-hybridized carbons (Fsp3) is 0.455. The molecule has 0 aliphatic heterocycles. The van der Waals surface area contributed by atoms with Crippen molar-refractivity contribution in [2.24, 2.45) is 11.1 Å². The average Bonchev–Trinajstić information content (AvgIpc) is 3.00. The first kappa shape index (κ1) is 12.2. The van der Waals surface area contributed by atoms with Gasteiger partial charge in [-0.05, 0) is 37.0 Å². The van der Waals surface area contributed by atoms with Gasteiger partial charge in [0.1, 0.15) is 4.90 Å². The standard InChI is InChI=1S/C11H17N3O2S/c1-14(7-8-2-3-8)10-5-4-9(12)6-11(10)17(13,15)16/h4-6,8H,2-3,7,12H2,1H3,(H2,13,15,16). The largest absolute Gasteiger partial charge is 0.399 e. The lowest BCUT2D eigenvalue weighted by atomic mass is 10.2. The SMILES string of the molecule is CN(CC1CC1)c1ccc(N)cc1S(N)(=O)=O. The lowest BCUT2D eigenvalue weighted by Crippen LogP contribution is -2.24. The summed E-state index contributed by atoms with van der Waals surface area (Å²) in [6.45, 7) is 0.854. The molecule has 17 heavy (non-hydrogen) atoms. The van der Waals surface area contributed by atoms with Crippen LogP contribution in [0.4, 0.5) is 11.4 Å². The van der Waals surface area contributed by atoms with Crippen LogP contribution in [-0.4, -0.2) is 22.0 Å². The van der Waals surface area contributed by atoms with Crippen molar-refractivity contribution in [3.05, 3.63) is 18.2 Å². The first-order valence-electron chi connectivity index (χ1n) is 5.51. The Morgan fingerprint density at radius 1 is 1.41 bits per heavy atom. The van der Waals surface area contributed by atoms with Gasteiger partial charge in [-0.25, -0.2) is 13.6 Å². The van der Waals surface area contributed by atoms with Crippen LogP contribution in [0, 0.1) is 5.92 Å². The number of rotatable bonds is 4. The zero-order chi connectivity index (χ0) is 12.6. The van der Waals surface area contributed by atoms with Crippen LogP contribution >= 0.6 is 0 Å². The molecule has 2 rings (SSSR count). The van der Waals surface area contributed by atoms with E-state index in [0.717, 1.165) is 6.54 Å². The molecule has 1 aliphatic carbocycles. The molecule has 1 fully saturated rings. The van der Waals surface area contributed by atoms with Gasteiger partial charge in [0.2, 0.25) is 10.0 Å². The molecule has 1 saturated carbocycles. The number of sulfonamides is 1. The fourth-order valence-corrected chi connectivity index (χ4v) is 2.68. The van der Waals surface area contributed by atoms with Crippen molar-refractivity contribution in [1.29, 1.82) is 0 Å². The third-order valence-electron chi connectivity index (χ3n) is 2.93. The highest BCUT2D eigenvalue weighted by atomic mass is 32.2. The molecule has 0 bridgehead atoms. The van der Waals surface area contributed by atoms with Crippen LogP contribution in [-0.2, 0) is 10.0 Å². The van der Waals surface area contributed by atoms with Gasteiger partial charge < -0.3 is 10.6 Å². The molecule has 0 aromatic heterocycles. The third-order valence-corrected chi connectivity index (χ3v) is 3.87. The quantitative estimate of drug-likeness (QED) is 0.777. The Hall–Kier alpha value is -1.27. The molecule has 0 unspecified atom stereocenters. The van der Waals surface area contributed by atoms with E-state index in [1.54, 1.807) is 12.1 Å². The summed E-state index contributed by atoms with van der Waals surface area (Å²) < 4.78 is 23.0. The number of nitrogens with two attached hydrogens (primary N) is 2. The van der Waals surface area contributed by atoms with Gasteiger partial charge in [0, 0.05) is 19.3 Å². The minimum atomic E-state index is -3.74. The van der Waals surface area contributed by atoms with Crippen molar-refractivity contribution in [2.75, 3.05) is 24.2 Å². The second-order valence-electron chi connectivity index (χ2n) is 4.60. The van der Waals surface area contributed by atoms with Crippen LogP contribution in [0.3, 0.4) is 0 Å². The molecule has 0 heterocycles. The fourth-order valence-electron chi connectivity index (χ4n) is 1.86. The lowest BCUT2D eigenvalue weighted by molar-refractivity contribution is 0.597. The Kier molecular flexibility index (Phi) is 3.01. The molecule has 1 aliphatic rings. The maximum absolute atomic E-state index is 11.5. The van der Waals surface area contributed by atoms with E-state index in [1.165, 1.54) is 18.9 Å². The Balaban J connectivity index is 2.37. The van der Waals surface area contributed by atoms with E-state index in [4.69, 9.17) is 10.9 Å². The molecule has 5 nitrogen and oxygen atoms in total. The molecule has 1 aromatic rings. The molecule has 0 amide bonds. The topological polar surface area (TPSA) is 89.4 Å². The summed E-state index contributed by atoms with van der Waals surface area (Å²) >= 11 is 0. The first-order valence-corrected chi connectivity index (χ1v) is 7.06. The van der Waals surface area contributed by atoms with Crippen molar-refractivity contribution in [2.45, 2.75) is 17.7 Å². The zero-order valence-corrected chi connectivity index (χ0v) is 10.6. The number of nitrogen functional groups attached to an aromatic ring is 1. The number of hydrogen-bond donors (Lipinski definition) is 2. The number of primary sulfonamides is 1. The molecule has 0 spiro atoms. The van der Waals surface area contributed by atoms with Crippen LogP contribution in [0.5, 0.6) is 0 Å². The van der Waals surface area contributed by atoms with Crippen LogP contribution in [0.15, 0.2) is 23.1 Å². The van der Waals surface area contributed by atoms with Gasteiger partial charge in [0.15, 0.2) is 0 Å². The number of benzene rings is 1. The Morgan fingerprint density at radius 2 is 2.06 bits per heavy atom. The van der Waals surface area contributed by atoms with Crippen LogP contribution in [0.25, 0.3) is 0 Å². The molecule has 6 heteroatoms. The Bertz CT molecular complexity index is 524. The van der Waals surface area contributed by atoms with E-state index in [9.17, 15) is 8.42 Å². The molecule has 0 radical (unpaired) electrons. The normalized spacial score (nSPS) is 15.9. The molecule has 1 aromatic carbocycles. The molecular formula is C11H17N3O2S. The molecule has 0 atom stereocenters. The van der Waals surface area contributed by atoms with E-state index < -0.39 is 10.0 Å². The van der Waals surface area contributed by atoms with Gasteiger partial charge in [-0.15, -0.1) is 0 Å². The predicted octanol–water partition coefficient (Wildman–Crippen LogP) is 0.762. The van der Waals surface area contributed by atoms with Crippen molar-refractivity contribution in [3.8, 4) is 0 Å². The van der Waals surface area contributed by atoms with Gasteiger partial charge in [-0.2, -0.15) is 0 Å². The predicted molar refractivity (Wildman–Crippen MR) is 68.2 cm³/mol. The Morgan fingerprint density at radius 3 is 2.59 bits per heavy atom. The summed E-state index contributed by atoms with van der Waals surface area (Å²) in [5.74, 6) is 0.672. The zero-order valence-electron chi connectivity index (χ0n) is 9.76. The maximum Gasteiger partial charge on any atom is 0.240 e. The summed E-state index contributed by atoms with van der Waals surface area (Å²) in [4.78, 5) is 2.03. The highest BCUT2D eigenvalue weighted by Gasteiger charge is 2.25. The van der Waals surface area contributed by atoms with Crippen LogP contribution in [0.1, 0.15) is 12.8 Å². The van der Waals surface area contributed by atoms with Gasteiger partial charge in [0.25, 0.3) is 0 Å². The number of hydrogen-bond acceptors (Lipinski definition) is 4. The second kappa shape index (κ2) is 4.19. The van der Waals surface area contributed by atoms with E-state index in [2.05, 4.69) is 0 Å². The smallest absolute Gasteiger partial charge is 0.240 e. The van der Waals surface area contributed by atoms with Gasteiger partial charge in [0.05, 0.1) is 5.69 Å². The Labute approximate surface area is 101 Å². The van der Waals surface area contributed by atoms with E-state index in [1.807, 2.05) is 11.9 Å². The van der Waals surface area contributed by atoms with Crippen LogP contribution in [0.2, 0.25) is 0 Å². The lowest BCUT2D eigenvalue weighted by Gasteiger charge is -2.21. The third kappa shape index (κ3) is 2.89. The summed E-state index contributed by atoms with van der Waals surface area (Å²) in [5.41, 5.74) is 6.62.